The predicted molar refractivity (Wildman–Crippen MR) is 72.8 cm³/mol. The average Bonchev–Trinajstić information content (AvgIpc) is 2.82. The lowest BCUT2D eigenvalue weighted by atomic mass is 10.3. The van der Waals surface area contributed by atoms with Gasteiger partial charge in [0.1, 0.15) is 4.83 Å². The summed E-state index contributed by atoms with van der Waals surface area (Å²) in [6, 6.07) is 5.92. The van der Waals surface area contributed by atoms with Crippen LogP contribution in [0, 0.1) is 0 Å². The summed E-state index contributed by atoms with van der Waals surface area (Å²) in [7, 11) is 1.37. The van der Waals surface area contributed by atoms with Crippen LogP contribution in [0.4, 0.5) is 5.69 Å². The van der Waals surface area contributed by atoms with Gasteiger partial charge in [-0.3, -0.25) is 4.79 Å². The number of rotatable bonds is 4. The van der Waals surface area contributed by atoms with Gasteiger partial charge in [-0.15, -0.1) is 11.3 Å². The maximum absolute atomic E-state index is 11.2. The lowest BCUT2D eigenvalue weighted by Crippen LogP contribution is -2.24. The summed E-state index contributed by atoms with van der Waals surface area (Å²) in [4.78, 5) is 15.0. The number of hydrogen-bond donors (Lipinski definition) is 1. The van der Waals surface area contributed by atoms with E-state index in [2.05, 4.69) is 31.0 Å². The number of thiazole rings is 1. The molecule has 1 aromatic carbocycles. The van der Waals surface area contributed by atoms with Crippen molar-refractivity contribution in [1.29, 1.82) is 0 Å². The number of hydrogen-bond acceptors (Lipinski definition) is 5. The molecular weight excluding hydrogens is 304 g/mol. The highest BCUT2D eigenvalue weighted by atomic mass is 79.9. The Balaban J connectivity index is 2.01. The number of nitrogens with zero attached hydrogens (tertiary/aromatic N) is 1. The van der Waals surface area contributed by atoms with E-state index < -0.39 is 0 Å². The molecule has 0 amide bonds. The van der Waals surface area contributed by atoms with Crippen LogP contribution in [-0.4, -0.2) is 29.4 Å². The number of methoxy groups -OCH3 is 1. The highest BCUT2D eigenvalue weighted by Crippen LogP contribution is 2.21. The molecule has 17 heavy (non-hydrogen) atoms. The van der Waals surface area contributed by atoms with Crippen molar-refractivity contribution in [2.75, 3.05) is 19.0 Å². The fourth-order valence-corrected chi connectivity index (χ4v) is 2.45. The molecule has 1 aromatic heterocycles. The topological polar surface area (TPSA) is 51.2 Å². The molecule has 0 radical (unpaired) electrons. The van der Waals surface area contributed by atoms with Crippen molar-refractivity contribution in [2.24, 2.45) is 0 Å². The van der Waals surface area contributed by atoms with E-state index >= 15 is 0 Å². The van der Waals surface area contributed by atoms with Crippen LogP contribution in [0.2, 0.25) is 0 Å². The fraction of sp³-hybridized carbons (Fsp3) is 0.273. The van der Waals surface area contributed by atoms with Crippen molar-refractivity contribution in [3.8, 4) is 0 Å². The Morgan fingerprint density at radius 2 is 2.47 bits per heavy atom. The Morgan fingerprint density at radius 3 is 3.24 bits per heavy atom. The third kappa shape index (κ3) is 2.95. The molecule has 90 valence electrons. The van der Waals surface area contributed by atoms with E-state index in [1.54, 1.807) is 11.3 Å². The minimum absolute atomic E-state index is 0.281. The number of nitrogens with one attached hydrogen (secondary N) is 1. The number of ether oxygens (including phenoxy) is 1. The summed E-state index contributed by atoms with van der Waals surface area (Å²) in [6.45, 7) is 0.483. The Morgan fingerprint density at radius 1 is 1.65 bits per heavy atom. The molecule has 1 N–H and O–H groups in total. The van der Waals surface area contributed by atoms with Gasteiger partial charge in [0, 0.05) is 12.2 Å². The molecule has 0 bridgehead atoms. The molecule has 2 rings (SSSR count). The first kappa shape index (κ1) is 12.3. The number of aromatic nitrogens is 1. The molecule has 0 fully saturated rings. The van der Waals surface area contributed by atoms with Gasteiger partial charge in [0.2, 0.25) is 0 Å². The standard InChI is InChI=1S/C11H11BrN2O2S/c1-16-11(15)8(12)5-13-7-2-3-9-10(4-7)17-6-14-9/h2-4,6,8,13H,5H2,1H3. The van der Waals surface area contributed by atoms with E-state index in [1.807, 2.05) is 23.7 Å². The first-order valence-electron chi connectivity index (χ1n) is 4.99. The summed E-state index contributed by atoms with van der Waals surface area (Å²) >= 11 is 4.85. The minimum Gasteiger partial charge on any atom is -0.468 e. The van der Waals surface area contributed by atoms with E-state index in [0.717, 1.165) is 15.9 Å². The first-order valence-corrected chi connectivity index (χ1v) is 6.79. The van der Waals surface area contributed by atoms with Gasteiger partial charge in [-0.25, -0.2) is 4.98 Å². The van der Waals surface area contributed by atoms with Crippen LogP contribution in [0.5, 0.6) is 0 Å². The van der Waals surface area contributed by atoms with Crippen LogP contribution in [0.1, 0.15) is 0 Å². The first-order chi connectivity index (χ1) is 8.20. The van der Waals surface area contributed by atoms with Crippen molar-refractivity contribution in [3.05, 3.63) is 23.7 Å². The van der Waals surface area contributed by atoms with Gasteiger partial charge in [0.15, 0.2) is 0 Å². The molecular formula is C11H11BrN2O2S. The van der Waals surface area contributed by atoms with Crippen LogP contribution in [0.3, 0.4) is 0 Å². The van der Waals surface area contributed by atoms with E-state index in [4.69, 9.17) is 0 Å². The van der Waals surface area contributed by atoms with Crippen molar-refractivity contribution < 1.29 is 9.53 Å². The van der Waals surface area contributed by atoms with Gasteiger partial charge in [-0.1, -0.05) is 15.9 Å². The second-order valence-corrected chi connectivity index (χ2v) is 5.40. The number of carbonyl (C=O) groups is 1. The number of halogens is 1. The molecule has 0 aliphatic carbocycles. The highest BCUT2D eigenvalue weighted by Gasteiger charge is 2.14. The molecule has 4 nitrogen and oxygen atoms in total. The molecule has 0 saturated heterocycles. The molecule has 6 heteroatoms. The minimum atomic E-state index is -0.343. The maximum atomic E-state index is 11.2. The predicted octanol–water partition coefficient (Wildman–Crippen LogP) is 2.64. The zero-order valence-corrected chi connectivity index (χ0v) is 11.5. The van der Waals surface area contributed by atoms with Crippen LogP contribution in [-0.2, 0) is 9.53 Å². The van der Waals surface area contributed by atoms with Gasteiger partial charge < -0.3 is 10.1 Å². The van der Waals surface area contributed by atoms with Crippen LogP contribution in [0.25, 0.3) is 10.2 Å². The highest BCUT2D eigenvalue weighted by molar-refractivity contribution is 9.10. The molecule has 1 heterocycles. The zero-order chi connectivity index (χ0) is 12.3. The van der Waals surface area contributed by atoms with Crippen LogP contribution in [0.15, 0.2) is 23.7 Å². The summed E-state index contributed by atoms with van der Waals surface area (Å²) in [5, 5.41) is 3.17. The monoisotopic (exact) mass is 314 g/mol. The Kier molecular flexibility index (Phi) is 3.96. The van der Waals surface area contributed by atoms with Crippen molar-refractivity contribution in [1.82, 2.24) is 4.98 Å². The molecule has 0 aliphatic heterocycles. The Bertz CT molecular complexity index is 529. The summed E-state index contributed by atoms with van der Waals surface area (Å²) in [5.74, 6) is -0.281. The number of esters is 1. The molecule has 0 spiro atoms. The largest absolute Gasteiger partial charge is 0.468 e. The lowest BCUT2D eigenvalue weighted by Gasteiger charge is -2.10. The molecule has 2 aromatic rings. The lowest BCUT2D eigenvalue weighted by molar-refractivity contribution is -0.139. The van der Waals surface area contributed by atoms with Gasteiger partial charge in [0.05, 0.1) is 22.8 Å². The second-order valence-electron chi connectivity index (χ2n) is 3.41. The van der Waals surface area contributed by atoms with Gasteiger partial charge in [-0.05, 0) is 18.2 Å². The summed E-state index contributed by atoms with van der Waals surface area (Å²) in [6.07, 6.45) is 0. The van der Waals surface area contributed by atoms with Gasteiger partial charge in [-0.2, -0.15) is 0 Å². The smallest absolute Gasteiger partial charge is 0.321 e. The van der Waals surface area contributed by atoms with Crippen LogP contribution >= 0.6 is 27.3 Å². The van der Waals surface area contributed by atoms with E-state index in [9.17, 15) is 4.79 Å². The van der Waals surface area contributed by atoms with Crippen molar-refractivity contribution in [2.45, 2.75) is 4.83 Å². The van der Waals surface area contributed by atoms with E-state index in [0.29, 0.717) is 6.54 Å². The average molecular weight is 315 g/mol. The zero-order valence-electron chi connectivity index (χ0n) is 9.14. The van der Waals surface area contributed by atoms with Gasteiger partial charge >= 0.3 is 5.97 Å². The Hall–Kier alpha value is -1.14. The molecule has 1 atom stereocenters. The molecule has 1 unspecified atom stereocenters. The van der Waals surface area contributed by atoms with Crippen LogP contribution < -0.4 is 5.32 Å². The van der Waals surface area contributed by atoms with Crippen molar-refractivity contribution in [3.63, 3.8) is 0 Å². The molecule has 0 aliphatic rings. The maximum Gasteiger partial charge on any atom is 0.321 e. The third-order valence-corrected chi connectivity index (χ3v) is 3.76. The quantitative estimate of drug-likeness (QED) is 0.696. The fourth-order valence-electron chi connectivity index (χ4n) is 1.38. The summed E-state index contributed by atoms with van der Waals surface area (Å²) in [5.41, 5.74) is 3.77. The number of alkyl halides is 1. The SMILES string of the molecule is COC(=O)C(Br)CNc1ccc2ncsc2c1. The van der Waals surface area contributed by atoms with Gasteiger partial charge in [0.25, 0.3) is 0 Å². The van der Waals surface area contributed by atoms with Crippen molar-refractivity contribution >= 4 is 49.1 Å². The number of anilines is 1. The second kappa shape index (κ2) is 5.46. The summed E-state index contributed by atoms with van der Waals surface area (Å²) < 4.78 is 5.75. The number of carbonyl (C=O) groups excluding carboxylic acids is 1. The van der Waals surface area contributed by atoms with E-state index in [1.165, 1.54) is 7.11 Å². The third-order valence-electron chi connectivity index (χ3n) is 2.27. The molecule has 0 saturated carbocycles. The van der Waals surface area contributed by atoms with E-state index in [-0.39, 0.29) is 10.8 Å². The number of fused-ring (bicyclic) bond motifs is 1. The number of benzene rings is 1. The normalized spacial score (nSPS) is 12.4. The Labute approximate surface area is 111 Å².